The van der Waals surface area contributed by atoms with E-state index in [9.17, 15) is 0 Å². The molecule has 1 fully saturated rings. The molecule has 2 heteroatoms. The summed E-state index contributed by atoms with van der Waals surface area (Å²) in [5.74, 6) is 0.737. The summed E-state index contributed by atoms with van der Waals surface area (Å²) in [6.45, 7) is 5.75. The molecule has 1 aliphatic heterocycles. The molecule has 0 aliphatic carbocycles. The highest BCUT2D eigenvalue weighted by Crippen LogP contribution is 2.33. The van der Waals surface area contributed by atoms with Crippen molar-refractivity contribution in [2.24, 2.45) is 5.92 Å². The predicted molar refractivity (Wildman–Crippen MR) is 82.3 cm³/mol. The van der Waals surface area contributed by atoms with E-state index in [0.29, 0.717) is 6.04 Å². The third kappa shape index (κ3) is 4.05. The molecule has 0 aromatic heterocycles. The number of hydrogen-bond donors (Lipinski definition) is 1. The number of nitrogens with one attached hydrogen (secondary N) is 1. The summed E-state index contributed by atoms with van der Waals surface area (Å²) in [6.07, 6.45) is 5.27. The maximum Gasteiger partial charge on any atom is 0.0385 e. The highest BCUT2D eigenvalue weighted by Gasteiger charge is 2.28. The van der Waals surface area contributed by atoms with Crippen LogP contribution in [0.3, 0.4) is 0 Å². The first-order valence-corrected chi connectivity index (χ1v) is 7.79. The van der Waals surface area contributed by atoms with Crippen LogP contribution in [0.4, 0.5) is 0 Å². The molecule has 0 spiro atoms. The zero-order chi connectivity index (χ0) is 13.5. The summed E-state index contributed by atoms with van der Waals surface area (Å²) >= 11 is 0. The Morgan fingerprint density at radius 3 is 2.74 bits per heavy atom. The van der Waals surface area contributed by atoms with Crippen LogP contribution >= 0.6 is 0 Å². The molecule has 2 atom stereocenters. The van der Waals surface area contributed by atoms with E-state index in [1.165, 1.54) is 37.8 Å². The van der Waals surface area contributed by atoms with Crippen molar-refractivity contribution in [2.45, 2.75) is 38.6 Å². The molecule has 1 heterocycles. The quantitative estimate of drug-likeness (QED) is 0.816. The van der Waals surface area contributed by atoms with Crippen molar-refractivity contribution >= 4 is 0 Å². The van der Waals surface area contributed by atoms with Crippen molar-refractivity contribution in [3.8, 4) is 0 Å². The van der Waals surface area contributed by atoms with Gasteiger partial charge < -0.3 is 5.32 Å². The van der Waals surface area contributed by atoms with Crippen LogP contribution in [0.25, 0.3) is 0 Å². The summed E-state index contributed by atoms with van der Waals surface area (Å²) in [5.41, 5.74) is 1.48. The number of likely N-dealkylation sites (tertiary alicyclic amines) is 1. The van der Waals surface area contributed by atoms with Crippen LogP contribution in [0.1, 0.15) is 44.2 Å². The van der Waals surface area contributed by atoms with Gasteiger partial charge in [-0.25, -0.2) is 0 Å². The van der Waals surface area contributed by atoms with Crippen LogP contribution in [0, 0.1) is 5.92 Å². The minimum atomic E-state index is 0.577. The van der Waals surface area contributed by atoms with Crippen molar-refractivity contribution in [2.75, 3.05) is 26.7 Å². The first-order valence-electron chi connectivity index (χ1n) is 7.79. The van der Waals surface area contributed by atoms with Crippen LogP contribution in [0.5, 0.6) is 0 Å². The van der Waals surface area contributed by atoms with Crippen molar-refractivity contribution in [3.63, 3.8) is 0 Å². The van der Waals surface area contributed by atoms with E-state index >= 15 is 0 Å². The number of rotatable bonds is 5. The van der Waals surface area contributed by atoms with Gasteiger partial charge in [0.2, 0.25) is 0 Å². The monoisotopic (exact) mass is 260 g/mol. The molecule has 106 valence electrons. The molecular weight excluding hydrogens is 232 g/mol. The summed E-state index contributed by atoms with van der Waals surface area (Å²) in [7, 11) is 2.29. The molecule has 1 aromatic carbocycles. The fourth-order valence-electron chi connectivity index (χ4n) is 3.28. The van der Waals surface area contributed by atoms with Gasteiger partial charge in [0.1, 0.15) is 0 Å². The molecule has 1 saturated heterocycles. The van der Waals surface area contributed by atoms with Crippen molar-refractivity contribution in [1.29, 1.82) is 0 Å². The Morgan fingerprint density at radius 2 is 2.00 bits per heavy atom. The van der Waals surface area contributed by atoms with Gasteiger partial charge in [-0.3, -0.25) is 4.90 Å². The molecule has 1 aromatic rings. The van der Waals surface area contributed by atoms with E-state index in [1.54, 1.807) is 0 Å². The summed E-state index contributed by atoms with van der Waals surface area (Å²) in [6, 6.07) is 11.6. The first kappa shape index (κ1) is 14.5. The van der Waals surface area contributed by atoms with Gasteiger partial charge in [-0.05, 0) is 57.4 Å². The van der Waals surface area contributed by atoms with E-state index in [0.717, 1.165) is 19.0 Å². The maximum absolute atomic E-state index is 3.63. The normalized spacial score (nSPS) is 25.2. The highest BCUT2D eigenvalue weighted by atomic mass is 15.1. The van der Waals surface area contributed by atoms with Crippen LogP contribution in [-0.4, -0.2) is 31.6 Å². The molecule has 2 rings (SSSR count). The number of hydrogen-bond acceptors (Lipinski definition) is 2. The molecule has 0 amide bonds. The largest absolute Gasteiger partial charge is 0.316 e. The van der Waals surface area contributed by atoms with Crippen LogP contribution < -0.4 is 5.32 Å². The van der Waals surface area contributed by atoms with Gasteiger partial charge in [-0.2, -0.15) is 0 Å². The Labute approximate surface area is 118 Å². The Bertz CT molecular complexity index is 350. The van der Waals surface area contributed by atoms with Crippen molar-refractivity contribution < 1.29 is 0 Å². The molecular formula is C17H28N2. The Morgan fingerprint density at radius 1 is 1.21 bits per heavy atom. The molecule has 1 aliphatic rings. The van der Waals surface area contributed by atoms with Crippen LogP contribution in [-0.2, 0) is 0 Å². The first-order chi connectivity index (χ1) is 9.33. The predicted octanol–water partition coefficient (Wildman–Crippen LogP) is 3.46. The SMILES string of the molecule is CCCNCC1CCCCN(C)C1c1ccccc1. The topological polar surface area (TPSA) is 15.3 Å². The van der Waals surface area contributed by atoms with E-state index in [2.05, 4.69) is 54.5 Å². The third-order valence-corrected chi connectivity index (χ3v) is 4.23. The Kier molecular flexibility index (Phi) is 5.87. The van der Waals surface area contributed by atoms with E-state index in [1.807, 2.05) is 0 Å². The summed E-state index contributed by atoms with van der Waals surface area (Å²) < 4.78 is 0. The zero-order valence-corrected chi connectivity index (χ0v) is 12.4. The standard InChI is InChI=1S/C17H28N2/c1-3-12-18-14-16-11-7-8-13-19(2)17(16)15-9-5-4-6-10-15/h4-6,9-10,16-18H,3,7-8,11-14H2,1-2H3. The van der Waals surface area contributed by atoms with Crippen LogP contribution in [0.2, 0.25) is 0 Å². The van der Waals surface area contributed by atoms with Gasteiger partial charge in [0, 0.05) is 6.04 Å². The van der Waals surface area contributed by atoms with Crippen molar-refractivity contribution in [1.82, 2.24) is 10.2 Å². The second-order valence-corrected chi connectivity index (χ2v) is 5.80. The van der Waals surface area contributed by atoms with E-state index in [-0.39, 0.29) is 0 Å². The van der Waals surface area contributed by atoms with E-state index in [4.69, 9.17) is 0 Å². The third-order valence-electron chi connectivity index (χ3n) is 4.23. The summed E-state index contributed by atoms with van der Waals surface area (Å²) in [4.78, 5) is 2.56. The lowest BCUT2D eigenvalue weighted by Crippen LogP contribution is -2.35. The van der Waals surface area contributed by atoms with Crippen LogP contribution in [0.15, 0.2) is 30.3 Å². The average molecular weight is 260 g/mol. The minimum absolute atomic E-state index is 0.577. The van der Waals surface area contributed by atoms with Gasteiger partial charge in [0.05, 0.1) is 0 Å². The highest BCUT2D eigenvalue weighted by molar-refractivity contribution is 5.20. The summed E-state index contributed by atoms with van der Waals surface area (Å²) in [5, 5.41) is 3.63. The van der Waals surface area contributed by atoms with Gasteiger partial charge >= 0.3 is 0 Å². The maximum atomic E-state index is 3.63. The van der Waals surface area contributed by atoms with Crippen molar-refractivity contribution in [3.05, 3.63) is 35.9 Å². The average Bonchev–Trinajstić information content (AvgIpc) is 2.62. The van der Waals surface area contributed by atoms with Gasteiger partial charge in [-0.15, -0.1) is 0 Å². The molecule has 2 nitrogen and oxygen atoms in total. The number of nitrogens with zero attached hydrogens (tertiary/aromatic N) is 1. The molecule has 2 unspecified atom stereocenters. The fraction of sp³-hybridized carbons (Fsp3) is 0.647. The Balaban J connectivity index is 2.11. The molecule has 0 saturated carbocycles. The number of benzene rings is 1. The lowest BCUT2D eigenvalue weighted by atomic mass is 9.89. The van der Waals surface area contributed by atoms with Gasteiger partial charge in [0.15, 0.2) is 0 Å². The lowest BCUT2D eigenvalue weighted by Gasteiger charge is -2.33. The zero-order valence-electron chi connectivity index (χ0n) is 12.4. The second-order valence-electron chi connectivity index (χ2n) is 5.80. The molecule has 1 N–H and O–H groups in total. The second kappa shape index (κ2) is 7.66. The lowest BCUT2D eigenvalue weighted by molar-refractivity contribution is 0.189. The molecule has 0 bridgehead atoms. The molecule has 0 radical (unpaired) electrons. The minimum Gasteiger partial charge on any atom is -0.316 e. The Hall–Kier alpha value is -0.860. The van der Waals surface area contributed by atoms with Gasteiger partial charge in [-0.1, -0.05) is 43.7 Å². The van der Waals surface area contributed by atoms with E-state index < -0.39 is 0 Å². The smallest absolute Gasteiger partial charge is 0.0385 e. The fourth-order valence-corrected chi connectivity index (χ4v) is 3.28. The molecule has 19 heavy (non-hydrogen) atoms. The van der Waals surface area contributed by atoms with Gasteiger partial charge in [0.25, 0.3) is 0 Å².